The molecule has 0 atom stereocenters. The lowest BCUT2D eigenvalue weighted by atomic mass is 10.0. The molecular formula is C14H18N2O2S. The Morgan fingerprint density at radius 3 is 2.37 bits per heavy atom. The van der Waals surface area contributed by atoms with Crippen molar-refractivity contribution in [3.8, 4) is 6.07 Å². The van der Waals surface area contributed by atoms with Crippen molar-refractivity contribution in [2.24, 2.45) is 0 Å². The first-order valence-corrected chi connectivity index (χ1v) is 8.08. The minimum absolute atomic E-state index is 0.0334. The fourth-order valence-corrected chi connectivity index (χ4v) is 4.22. The van der Waals surface area contributed by atoms with Gasteiger partial charge in [-0.25, -0.2) is 13.1 Å². The molecule has 1 saturated carbocycles. The van der Waals surface area contributed by atoms with Crippen LogP contribution in [0.3, 0.4) is 0 Å². The summed E-state index contributed by atoms with van der Waals surface area (Å²) in [4.78, 5) is 0. The van der Waals surface area contributed by atoms with Crippen molar-refractivity contribution >= 4 is 10.0 Å². The zero-order chi connectivity index (χ0) is 13.9. The Kier molecular flexibility index (Phi) is 3.93. The molecule has 0 spiro atoms. The van der Waals surface area contributed by atoms with Crippen LogP contribution in [-0.4, -0.2) is 14.0 Å². The van der Waals surface area contributed by atoms with Gasteiger partial charge in [-0.3, -0.25) is 0 Å². The Morgan fingerprint density at radius 1 is 1.26 bits per heavy atom. The molecule has 19 heavy (non-hydrogen) atoms. The van der Waals surface area contributed by atoms with Gasteiger partial charge in [-0.05, 0) is 37.5 Å². The fourth-order valence-electron chi connectivity index (χ4n) is 2.56. The van der Waals surface area contributed by atoms with E-state index in [4.69, 9.17) is 5.26 Å². The highest BCUT2D eigenvalue weighted by molar-refractivity contribution is 7.88. The van der Waals surface area contributed by atoms with Crippen LogP contribution in [0.25, 0.3) is 0 Å². The number of nitrogens with zero attached hydrogens (tertiary/aromatic N) is 1. The van der Waals surface area contributed by atoms with Crippen LogP contribution in [0, 0.1) is 11.3 Å². The number of sulfonamides is 1. The summed E-state index contributed by atoms with van der Waals surface area (Å²) in [6, 6.07) is 8.68. The van der Waals surface area contributed by atoms with Crippen LogP contribution in [0.5, 0.6) is 0 Å². The van der Waals surface area contributed by atoms with E-state index in [1.807, 2.05) is 13.0 Å². The molecule has 0 unspecified atom stereocenters. The Bertz CT molecular complexity index is 579. The predicted molar refractivity (Wildman–Crippen MR) is 73.8 cm³/mol. The van der Waals surface area contributed by atoms with Gasteiger partial charge in [0.05, 0.1) is 17.4 Å². The van der Waals surface area contributed by atoms with Crippen molar-refractivity contribution in [3.05, 3.63) is 35.4 Å². The van der Waals surface area contributed by atoms with Gasteiger partial charge in [0.1, 0.15) is 0 Å². The van der Waals surface area contributed by atoms with E-state index in [0.717, 1.165) is 25.7 Å². The molecule has 1 N–H and O–H groups in total. The molecule has 1 aromatic rings. The van der Waals surface area contributed by atoms with Gasteiger partial charge in [0.2, 0.25) is 10.0 Å². The van der Waals surface area contributed by atoms with Gasteiger partial charge in [0.25, 0.3) is 0 Å². The van der Waals surface area contributed by atoms with E-state index in [9.17, 15) is 8.42 Å². The van der Waals surface area contributed by atoms with E-state index in [1.165, 1.54) is 0 Å². The quantitative estimate of drug-likeness (QED) is 0.918. The molecule has 1 fully saturated rings. The lowest BCUT2D eigenvalue weighted by molar-refractivity contribution is 0.427. The van der Waals surface area contributed by atoms with E-state index in [0.29, 0.717) is 11.1 Å². The summed E-state index contributed by atoms with van der Waals surface area (Å²) in [6.45, 7) is 1.97. The highest BCUT2D eigenvalue weighted by atomic mass is 32.2. The molecular weight excluding hydrogens is 260 g/mol. The number of nitriles is 1. The van der Waals surface area contributed by atoms with Crippen molar-refractivity contribution in [2.45, 2.75) is 43.9 Å². The van der Waals surface area contributed by atoms with Crippen LogP contribution in [0.2, 0.25) is 0 Å². The van der Waals surface area contributed by atoms with Gasteiger partial charge < -0.3 is 0 Å². The largest absolute Gasteiger partial charge is 0.216 e. The summed E-state index contributed by atoms with van der Waals surface area (Å²) in [5.41, 5.74) is 0.954. The fraction of sp³-hybridized carbons (Fsp3) is 0.500. The Labute approximate surface area is 114 Å². The van der Waals surface area contributed by atoms with E-state index in [-0.39, 0.29) is 11.3 Å². The van der Waals surface area contributed by atoms with E-state index >= 15 is 0 Å². The minimum Gasteiger partial charge on any atom is -0.212 e. The molecule has 0 aliphatic heterocycles. The van der Waals surface area contributed by atoms with Gasteiger partial charge >= 0.3 is 0 Å². The summed E-state index contributed by atoms with van der Waals surface area (Å²) in [6.07, 6.45) is 3.96. The van der Waals surface area contributed by atoms with Gasteiger partial charge in [0.15, 0.2) is 0 Å². The smallest absolute Gasteiger partial charge is 0.212 e. The van der Waals surface area contributed by atoms with Gasteiger partial charge in [-0.15, -0.1) is 0 Å². The maximum atomic E-state index is 12.1. The number of hydrogen-bond acceptors (Lipinski definition) is 3. The topological polar surface area (TPSA) is 70.0 Å². The summed E-state index contributed by atoms with van der Waals surface area (Å²) in [7, 11) is -3.33. The molecule has 0 amide bonds. The molecule has 0 heterocycles. The second-order valence-electron chi connectivity index (χ2n) is 5.44. The zero-order valence-corrected chi connectivity index (χ0v) is 11.8. The van der Waals surface area contributed by atoms with Gasteiger partial charge in [-0.1, -0.05) is 25.0 Å². The second-order valence-corrected chi connectivity index (χ2v) is 7.16. The highest BCUT2D eigenvalue weighted by Gasteiger charge is 2.32. The van der Waals surface area contributed by atoms with E-state index in [1.54, 1.807) is 24.3 Å². The normalized spacial score (nSPS) is 18.1. The summed E-state index contributed by atoms with van der Waals surface area (Å²) < 4.78 is 27.1. The first-order valence-electron chi connectivity index (χ1n) is 6.43. The predicted octanol–water partition coefficient (Wildman–Crippen LogP) is 2.31. The number of rotatable bonds is 4. The minimum atomic E-state index is -3.33. The third-order valence-corrected chi connectivity index (χ3v) is 5.07. The standard InChI is InChI=1S/C14H18N2O2S/c1-14(8-2-3-9-14)16-19(17,18)11-13-6-4-12(10-15)5-7-13/h4-7,16H,2-3,8-9,11H2,1H3. The molecule has 102 valence electrons. The summed E-state index contributed by atoms with van der Waals surface area (Å²) in [5, 5.41) is 8.70. The first kappa shape index (κ1) is 14.0. The van der Waals surface area contributed by atoms with Crippen LogP contribution in [0.4, 0.5) is 0 Å². The third-order valence-electron chi connectivity index (χ3n) is 3.55. The molecule has 4 nitrogen and oxygen atoms in total. The average molecular weight is 278 g/mol. The molecule has 0 radical (unpaired) electrons. The lowest BCUT2D eigenvalue weighted by Gasteiger charge is -2.24. The van der Waals surface area contributed by atoms with E-state index in [2.05, 4.69) is 4.72 Å². The van der Waals surface area contributed by atoms with Crippen LogP contribution >= 0.6 is 0 Å². The molecule has 5 heteroatoms. The SMILES string of the molecule is CC1(NS(=O)(=O)Cc2ccc(C#N)cc2)CCCC1. The summed E-state index contributed by atoms with van der Waals surface area (Å²) in [5.74, 6) is -0.0334. The van der Waals surface area contributed by atoms with Gasteiger partial charge in [0, 0.05) is 5.54 Å². The van der Waals surface area contributed by atoms with Crippen molar-refractivity contribution in [1.82, 2.24) is 4.72 Å². The maximum Gasteiger partial charge on any atom is 0.216 e. The summed E-state index contributed by atoms with van der Waals surface area (Å²) >= 11 is 0. The van der Waals surface area contributed by atoms with Crippen LogP contribution in [0.15, 0.2) is 24.3 Å². The van der Waals surface area contributed by atoms with Crippen LogP contribution in [-0.2, 0) is 15.8 Å². The second kappa shape index (κ2) is 5.32. The van der Waals surface area contributed by atoms with Crippen molar-refractivity contribution in [1.29, 1.82) is 5.26 Å². The molecule has 1 aliphatic rings. The van der Waals surface area contributed by atoms with Crippen LogP contribution < -0.4 is 4.72 Å². The molecule has 0 saturated heterocycles. The molecule has 1 aromatic carbocycles. The molecule has 2 rings (SSSR count). The molecule has 0 bridgehead atoms. The molecule has 0 aromatic heterocycles. The molecule has 1 aliphatic carbocycles. The number of benzene rings is 1. The van der Waals surface area contributed by atoms with Crippen molar-refractivity contribution in [3.63, 3.8) is 0 Å². The van der Waals surface area contributed by atoms with E-state index < -0.39 is 10.0 Å². The lowest BCUT2D eigenvalue weighted by Crippen LogP contribution is -2.43. The monoisotopic (exact) mass is 278 g/mol. The number of nitrogens with one attached hydrogen (secondary N) is 1. The zero-order valence-electron chi connectivity index (χ0n) is 11.0. The highest BCUT2D eigenvalue weighted by Crippen LogP contribution is 2.29. The number of hydrogen-bond donors (Lipinski definition) is 1. The third kappa shape index (κ3) is 3.79. The first-order chi connectivity index (χ1) is 8.92. The van der Waals surface area contributed by atoms with Crippen molar-refractivity contribution < 1.29 is 8.42 Å². The Morgan fingerprint density at radius 2 is 1.84 bits per heavy atom. The average Bonchev–Trinajstić information content (AvgIpc) is 2.75. The van der Waals surface area contributed by atoms with Crippen molar-refractivity contribution in [2.75, 3.05) is 0 Å². The van der Waals surface area contributed by atoms with Crippen LogP contribution in [0.1, 0.15) is 43.7 Å². The maximum absolute atomic E-state index is 12.1. The Balaban J connectivity index is 2.06. The van der Waals surface area contributed by atoms with Gasteiger partial charge in [-0.2, -0.15) is 5.26 Å². The Hall–Kier alpha value is -1.38.